The van der Waals surface area contributed by atoms with Gasteiger partial charge < -0.3 is 9.15 Å². The number of halogens is 1. The summed E-state index contributed by atoms with van der Waals surface area (Å²) in [6.45, 7) is 2.00. The lowest BCUT2D eigenvalue weighted by molar-refractivity contribution is 0.301. The summed E-state index contributed by atoms with van der Waals surface area (Å²) >= 11 is 1.38. The quantitative estimate of drug-likeness (QED) is 0.560. The van der Waals surface area contributed by atoms with Crippen LogP contribution in [0.5, 0.6) is 5.75 Å². The van der Waals surface area contributed by atoms with Crippen molar-refractivity contribution in [2.45, 2.75) is 13.5 Å². The minimum Gasteiger partial charge on any atom is -0.487 e. The number of ether oxygens (including phenoxy) is 1. The van der Waals surface area contributed by atoms with Crippen molar-refractivity contribution in [2.24, 2.45) is 0 Å². The van der Waals surface area contributed by atoms with Gasteiger partial charge in [0.2, 0.25) is 5.89 Å². The van der Waals surface area contributed by atoms with Gasteiger partial charge in [-0.05, 0) is 31.2 Å². The van der Waals surface area contributed by atoms with E-state index in [9.17, 15) is 9.18 Å². The van der Waals surface area contributed by atoms with Crippen LogP contribution >= 0.6 is 11.3 Å². The second kappa shape index (κ2) is 6.14. The SMILES string of the molecule is Cc1sc2nc(COc3ccc(F)cc3)cc(=O)n2c1-c1ncco1. The molecule has 0 aliphatic heterocycles. The van der Waals surface area contributed by atoms with Crippen LogP contribution < -0.4 is 10.3 Å². The van der Waals surface area contributed by atoms with E-state index in [1.807, 2.05) is 6.92 Å². The molecule has 0 bridgehead atoms. The van der Waals surface area contributed by atoms with Crippen molar-refractivity contribution < 1.29 is 13.5 Å². The molecule has 4 aromatic rings. The number of thiazole rings is 1. The topological polar surface area (TPSA) is 69.6 Å². The fraction of sp³-hybridized carbons (Fsp3) is 0.118. The van der Waals surface area contributed by atoms with Crippen LogP contribution in [-0.4, -0.2) is 14.4 Å². The molecule has 0 amide bonds. The van der Waals surface area contributed by atoms with Gasteiger partial charge >= 0.3 is 0 Å². The number of rotatable bonds is 4. The number of nitrogens with zero attached hydrogens (tertiary/aromatic N) is 3. The Balaban J connectivity index is 1.68. The zero-order chi connectivity index (χ0) is 17.4. The van der Waals surface area contributed by atoms with E-state index in [2.05, 4.69) is 9.97 Å². The highest BCUT2D eigenvalue weighted by Crippen LogP contribution is 2.28. The molecule has 8 heteroatoms. The third kappa shape index (κ3) is 2.91. The lowest BCUT2D eigenvalue weighted by atomic mass is 10.3. The molecule has 0 aliphatic rings. The van der Waals surface area contributed by atoms with Crippen molar-refractivity contribution in [2.75, 3.05) is 0 Å². The van der Waals surface area contributed by atoms with Gasteiger partial charge in [0.15, 0.2) is 4.96 Å². The molecule has 0 saturated carbocycles. The molecule has 25 heavy (non-hydrogen) atoms. The monoisotopic (exact) mass is 357 g/mol. The van der Waals surface area contributed by atoms with Gasteiger partial charge in [-0.3, -0.25) is 4.79 Å². The maximum atomic E-state index is 12.9. The van der Waals surface area contributed by atoms with Crippen molar-refractivity contribution >= 4 is 16.3 Å². The Bertz CT molecular complexity index is 1080. The highest BCUT2D eigenvalue weighted by atomic mass is 32.1. The molecule has 0 aliphatic carbocycles. The van der Waals surface area contributed by atoms with Crippen molar-refractivity contribution in [3.63, 3.8) is 0 Å². The zero-order valence-corrected chi connectivity index (χ0v) is 13.9. The molecule has 4 rings (SSSR count). The summed E-state index contributed by atoms with van der Waals surface area (Å²) in [5, 5.41) is 0. The minimum atomic E-state index is -0.335. The number of fused-ring (bicyclic) bond motifs is 1. The van der Waals surface area contributed by atoms with Crippen LogP contribution in [-0.2, 0) is 6.61 Å². The van der Waals surface area contributed by atoms with Crippen molar-refractivity contribution in [1.82, 2.24) is 14.4 Å². The van der Waals surface area contributed by atoms with Crippen LogP contribution in [0.3, 0.4) is 0 Å². The standard InChI is InChI=1S/C17H12FN3O3S/c1-10-15(16-19-6-7-23-16)21-14(22)8-12(20-17(21)25-10)9-24-13-4-2-11(18)3-5-13/h2-8H,9H2,1H3. The first kappa shape index (κ1) is 15.5. The van der Waals surface area contributed by atoms with Crippen LogP contribution in [0.4, 0.5) is 4.39 Å². The number of hydrogen-bond acceptors (Lipinski definition) is 6. The number of aryl methyl sites for hydroxylation is 1. The molecule has 6 nitrogen and oxygen atoms in total. The van der Waals surface area contributed by atoms with Crippen LogP contribution in [0.15, 0.2) is 52.0 Å². The Morgan fingerprint density at radius 3 is 2.84 bits per heavy atom. The van der Waals surface area contributed by atoms with E-state index in [0.29, 0.717) is 28.0 Å². The molecule has 0 saturated heterocycles. The Morgan fingerprint density at radius 1 is 1.32 bits per heavy atom. The fourth-order valence-corrected chi connectivity index (χ4v) is 3.46. The average molecular weight is 357 g/mol. The largest absolute Gasteiger partial charge is 0.487 e. The van der Waals surface area contributed by atoms with Gasteiger partial charge in [0.1, 0.15) is 30.1 Å². The zero-order valence-electron chi connectivity index (χ0n) is 13.1. The van der Waals surface area contributed by atoms with Crippen molar-refractivity contribution in [1.29, 1.82) is 0 Å². The van der Waals surface area contributed by atoms with E-state index in [1.165, 1.54) is 58.5 Å². The second-order valence-corrected chi connectivity index (χ2v) is 6.47. The molecule has 3 heterocycles. The molecular formula is C17H12FN3O3S. The first-order chi connectivity index (χ1) is 12.1. The van der Waals surface area contributed by atoms with Gasteiger partial charge in [-0.15, -0.1) is 11.3 Å². The van der Waals surface area contributed by atoms with Gasteiger partial charge in [0.25, 0.3) is 5.56 Å². The van der Waals surface area contributed by atoms with Crippen LogP contribution in [0, 0.1) is 12.7 Å². The Labute approximate surface area is 145 Å². The number of oxazole rings is 1. The van der Waals surface area contributed by atoms with Crippen molar-refractivity contribution in [3.05, 3.63) is 69.5 Å². The number of hydrogen-bond donors (Lipinski definition) is 0. The van der Waals surface area contributed by atoms with Crippen LogP contribution in [0.25, 0.3) is 16.5 Å². The lowest BCUT2D eigenvalue weighted by Crippen LogP contribution is -2.16. The van der Waals surface area contributed by atoms with E-state index >= 15 is 0 Å². The second-order valence-electron chi connectivity index (χ2n) is 5.29. The van der Waals surface area contributed by atoms with Crippen LogP contribution in [0.2, 0.25) is 0 Å². The van der Waals surface area contributed by atoms with E-state index in [0.717, 1.165) is 4.88 Å². The summed E-state index contributed by atoms with van der Waals surface area (Å²) in [7, 11) is 0. The smallest absolute Gasteiger partial charge is 0.259 e. The molecule has 0 atom stereocenters. The molecular weight excluding hydrogens is 345 g/mol. The highest BCUT2D eigenvalue weighted by molar-refractivity contribution is 7.17. The summed E-state index contributed by atoms with van der Waals surface area (Å²) in [5.74, 6) is 0.549. The van der Waals surface area contributed by atoms with Gasteiger partial charge in [-0.2, -0.15) is 0 Å². The number of aromatic nitrogens is 3. The van der Waals surface area contributed by atoms with Gasteiger partial charge in [-0.25, -0.2) is 18.8 Å². The first-order valence-electron chi connectivity index (χ1n) is 7.42. The van der Waals surface area contributed by atoms with Gasteiger partial charge in [0.05, 0.1) is 11.9 Å². The summed E-state index contributed by atoms with van der Waals surface area (Å²) in [6, 6.07) is 7.08. The molecule has 0 fully saturated rings. The molecule has 1 aromatic carbocycles. The van der Waals surface area contributed by atoms with Gasteiger partial charge in [0, 0.05) is 10.9 Å². The first-order valence-corrected chi connectivity index (χ1v) is 8.24. The van der Waals surface area contributed by atoms with E-state index in [4.69, 9.17) is 9.15 Å². The Hall–Kier alpha value is -3.00. The third-order valence-corrected chi connectivity index (χ3v) is 4.53. The molecule has 126 valence electrons. The average Bonchev–Trinajstić information content (AvgIpc) is 3.21. The van der Waals surface area contributed by atoms with E-state index in [-0.39, 0.29) is 18.0 Å². The molecule has 0 N–H and O–H groups in total. The molecule has 0 radical (unpaired) electrons. The Kier molecular flexibility index (Phi) is 3.81. The molecule has 0 spiro atoms. The summed E-state index contributed by atoms with van der Waals surface area (Å²) in [4.78, 5) is 22.5. The number of benzene rings is 1. The third-order valence-electron chi connectivity index (χ3n) is 3.58. The van der Waals surface area contributed by atoms with Crippen LogP contribution in [0.1, 0.15) is 10.6 Å². The lowest BCUT2D eigenvalue weighted by Gasteiger charge is -2.06. The highest BCUT2D eigenvalue weighted by Gasteiger charge is 2.17. The van der Waals surface area contributed by atoms with Crippen molar-refractivity contribution in [3.8, 4) is 17.3 Å². The van der Waals surface area contributed by atoms with Gasteiger partial charge in [-0.1, -0.05) is 0 Å². The molecule has 0 unspecified atom stereocenters. The normalized spacial score (nSPS) is 11.1. The fourth-order valence-electron chi connectivity index (χ4n) is 2.47. The van der Waals surface area contributed by atoms with E-state index < -0.39 is 0 Å². The van der Waals surface area contributed by atoms with E-state index in [1.54, 1.807) is 0 Å². The summed E-state index contributed by atoms with van der Waals surface area (Å²) < 4.78 is 25.3. The summed E-state index contributed by atoms with van der Waals surface area (Å²) in [5.41, 5.74) is 0.864. The predicted molar refractivity (Wildman–Crippen MR) is 90.3 cm³/mol. The Morgan fingerprint density at radius 2 is 2.12 bits per heavy atom. The predicted octanol–water partition coefficient (Wildman–Crippen LogP) is 3.44. The maximum Gasteiger partial charge on any atom is 0.259 e. The minimum absolute atomic E-state index is 0.114. The summed E-state index contributed by atoms with van der Waals surface area (Å²) in [6.07, 6.45) is 2.99. The molecule has 3 aromatic heterocycles. The maximum absolute atomic E-state index is 12.9.